The van der Waals surface area contributed by atoms with Crippen LogP contribution in [0.5, 0.6) is 0 Å². The van der Waals surface area contributed by atoms with Gasteiger partial charge in [0.05, 0.1) is 12.7 Å². The van der Waals surface area contributed by atoms with Gasteiger partial charge in [-0.1, -0.05) is 0 Å². The number of carbonyl (C=O) groups excluding carboxylic acids is 1. The van der Waals surface area contributed by atoms with E-state index in [4.69, 9.17) is 15.3 Å². The van der Waals surface area contributed by atoms with Crippen molar-refractivity contribution in [3.63, 3.8) is 0 Å². The maximum absolute atomic E-state index is 11.0. The van der Waals surface area contributed by atoms with Crippen LogP contribution in [0.2, 0.25) is 0 Å². The Morgan fingerprint density at radius 1 is 1.36 bits per heavy atom. The van der Waals surface area contributed by atoms with E-state index in [9.17, 15) is 4.79 Å². The molecule has 0 aromatic rings. The minimum atomic E-state index is -1.29. The number of hydrogen-bond acceptors (Lipinski definition) is 4. The third kappa shape index (κ3) is 1.58. The van der Waals surface area contributed by atoms with Crippen molar-refractivity contribution in [3.05, 3.63) is 0 Å². The average Bonchev–Trinajstić information content (AvgIpc) is 2.01. The Bertz CT molecular complexity index is 153. The van der Waals surface area contributed by atoms with Gasteiger partial charge >= 0.3 is 0 Å². The molecule has 0 saturated heterocycles. The molecule has 64 valence electrons. The molecular formula is C7H12O4. The first-order valence-electron chi connectivity index (χ1n) is 3.67. The highest BCUT2D eigenvalue weighted by atomic mass is 16.3. The quantitative estimate of drug-likeness (QED) is 0.444. The summed E-state index contributed by atoms with van der Waals surface area (Å²) in [5.41, 5.74) is 0. The summed E-state index contributed by atoms with van der Waals surface area (Å²) < 4.78 is 0. The first kappa shape index (κ1) is 8.64. The zero-order valence-electron chi connectivity index (χ0n) is 6.10. The van der Waals surface area contributed by atoms with Crippen molar-refractivity contribution in [1.82, 2.24) is 0 Å². The highest BCUT2D eigenvalue weighted by molar-refractivity contribution is 5.86. The van der Waals surface area contributed by atoms with Crippen molar-refractivity contribution >= 4 is 5.78 Å². The normalized spacial score (nSPS) is 39.2. The van der Waals surface area contributed by atoms with Crippen molar-refractivity contribution in [1.29, 1.82) is 0 Å². The summed E-state index contributed by atoms with van der Waals surface area (Å²) in [7, 11) is 0. The van der Waals surface area contributed by atoms with E-state index in [0.29, 0.717) is 12.8 Å². The molecule has 3 N–H and O–H groups in total. The summed E-state index contributed by atoms with van der Waals surface area (Å²) in [6, 6.07) is 0. The summed E-state index contributed by atoms with van der Waals surface area (Å²) in [5, 5.41) is 26.7. The van der Waals surface area contributed by atoms with E-state index in [0.717, 1.165) is 0 Å². The van der Waals surface area contributed by atoms with E-state index in [1.54, 1.807) is 0 Å². The van der Waals surface area contributed by atoms with Crippen LogP contribution in [0, 0.1) is 5.92 Å². The second-order valence-corrected chi connectivity index (χ2v) is 2.87. The van der Waals surface area contributed by atoms with Crippen LogP contribution in [-0.2, 0) is 4.79 Å². The number of aliphatic hydroxyl groups is 3. The molecule has 1 rings (SSSR count). The monoisotopic (exact) mass is 160 g/mol. The molecular weight excluding hydrogens is 148 g/mol. The molecule has 0 aromatic carbocycles. The number of Topliss-reactive ketones (excluding diaryl/α,β-unsaturated/α-hetero) is 1. The van der Waals surface area contributed by atoms with Crippen LogP contribution < -0.4 is 0 Å². The summed E-state index contributed by atoms with van der Waals surface area (Å²) >= 11 is 0. The van der Waals surface area contributed by atoms with Crippen molar-refractivity contribution in [3.8, 4) is 0 Å². The van der Waals surface area contributed by atoms with Crippen LogP contribution in [0.3, 0.4) is 0 Å². The Balaban J connectivity index is 2.59. The Hall–Kier alpha value is -0.450. The predicted octanol–water partition coefficient (Wildman–Crippen LogP) is -1.32. The Morgan fingerprint density at radius 3 is 2.55 bits per heavy atom. The van der Waals surface area contributed by atoms with Gasteiger partial charge in [-0.2, -0.15) is 0 Å². The largest absolute Gasteiger partial charge is 0.396 e. The lowest BCUT2D eigenvalue weighted by atomic mass is 9.85. The predicted molar refractivity (Wildman–Crippen MR) is 36.8 cm³/mol. The van der Waals surface area contributed by atoms with Gasteiger partial charge in [0.15, 0.2) is 5.78 Å². The molecule has 4 nitrogen and oxygen atoms in total. The maximum atomic E-state index is 11.0. The van der Waals surface area contributed by atoms with E-state index in [1.165, 1.54) is 0 Å². The van der Waals surface area contributed by atoms with E-state index < -0.39 is 23.9 Å². The SMILES string of the molecule is O=C1C(CO)CCC(O)C1O. The van der Waals surface area contributed by atoms with Gasteiger partial charge in [-0.25, -0.2) is 0 Å². The van der Waals surface area contributed by atoms with Gasteiger partial charge in [0.1, 0.15) is 6.10 Å². The molecule has 1 aliphatic carbocycles. The molecule has 0 amide bonds. The van der Waals surface area contributed by atoms with Gasteiger partial charge in [-0.05, 0) is 12.8 Å². The number of ketones is 1. The van der Waals surface area contributed by atoms with Gasteiger partial charge in [0, 0.05) is 5.92 Å². The van der Waals surface area contributed by atoms with E-state index >= 15 is 0 Å². The molecule has 1 aliphatic rings. The molecule has 1 saturated carbocycles. The molecule has 0 radical (unpaired) electrons. The van der Waals surface area contributed by atoms with Gasteiger partial charge in [0.25, 0.3) is 0 Å². The Morgan fingerprint density at radius 2 is 2.00 bits per heavy atom. The smallest absolute Gasteiger partial charge is 0.169 e. The van der Waals surface area contributed by atoms with Crippen molar-refractivity contribution < 1.29 is 20.1 Å². The van der Waals surface area contributed by atoms with Gasteiger partial charge < -0.3 is 15.3 Å². The maximum Gasteiger partial charge on any atom is 0.169 e. The lowest BCUT2D eigenvalue weighted by Crippen LogP contribution is -2.43. The molecule has 3 atom stereocenters. The average molecular weight is 160 g/mol. The van der Waals surface area contributed by atoms with Crippen LogP contribution in [0.4, 0.5) is 0 Å². The zero-order chi connectivity index (χ0) is 8.43. The fourth-order valence-electron chi connectivity index (χ4n) is 1.28. The van der Waals surface area contributed by atoms with Crippen molar-refractivity contribution in [2.45, 2.75) is 25.0 Å². The van der Waals surface area contributed by atoms with Gasteiger partial charge in [-0.15, -0.1) is 0 Å². The van der Waals surface area contributed by atoms with Crippen molar-refractivity contribution in [2.24, 2.45) is 5.92 Å². The van der Waals surface area contributed by atoms with Crippen LogP contribution >= 0.6 is 0 Å². The Kier molecular flexibility index (Phi) is 2.59. The second kappa shape index (κ2) is 3.30. The van der Waals surface area contributed by atoms with Gasteiger partial charge in [-0.3, -0.25) is 4.79 Å². The third-order valence-corrected chi connectivity index (χ3v) is 2.09. The molecule has 1 fully saturated rings. The Labute approximate surface area is 64.5 Å². The highest BCUT2D eigenvalue weighted by Gasteiger charge is 2.35. The molecule has 3 unspecified atom stereocenters. The van der Waals surface area contributed by atoms with Crippen molar-refractivity contribution in [2.75, 3.05) is 6.61 Å². The topological polar surface area (TPSA) is 77.8 Å². The molecule has 0 heterocycles. The second-order valence-electron chi connectivity index (χ2n) is 2.87. The summed E-state index contributed by atoms with van der Waals surface area (Å²) in [5.74, 6) is -0.917. The summed E-state index contributed by atoms with van der Waals surface area (Å²) in [6.45, 7) is -0.234. The minimum Gasteiger partial charge on any atom is -0.396 e. The van der Waals surface area contributed by atoms with Crippen LogP contribution in [0.25, 0.3) is 0 Å². The number of hydrogen-bond donors (Lipinski definition) is 3. The summed E-state index contributed by atoms with van der Waals surface area (Å²) in [6.07, 6.45) is -1.38. The first-order valence-corrected chi connectivity index (χ1v) is 3.67. The fourth-order valence-corrected chi connectivity index (χ4v) is 1.28. The molecule has 11 heavy (non-hydrogen) atoms. The third-order valence-electron chi connectivity index (χ3n) is 2.09. The van der Waals surface area contributed by atoms with Gasteiger partial charge in [0.2, 0.25) is 0 Å². The van der Waals surface area contributed by atoms with E-state index in [-0.39, 0.29) is 6.61 Å². The fraction of sp³-hybridized carbons (Fsp3) is 0.857. The number of rotatable bonds is 1. The first-order chi connectivity index (χ1) is 5.16. The van der Waals surface area contributed by atoms with Crippen LogP contribution in [0.15, 0.2) is 0 Å². The van der Waals surface area contributed by atoms with E-state index in [2.05, 4.69) is 0 Å². The molecule has 0 aromatic heterocycles. The number of aliphatic hydroxyl groups excluding tert-OH is 3. The molecule has 0 bridgehead atoms. The van der Waals surface area contributed by atoms with Crippen LogP contribution in [-0.4, -0.2) is 39.9 Å². The lowest BCUT2D eigenvalue weighted by molar-refractivity contribution is -0.143. The summed E-state index contributed by atoms with van der Waals surface area (Å²) in [4.78, 5) is 11.0. The highest BCUT2D eigenvalue weighted by Crippen LogP contribution is 2.20. The zero-order valence-corrected chi connectivity index (χ0v) is 6.10. The molecule has 0 spiro atoms. The van der Waals surface area contributed by atoms with E-state index in [1.807, 2.05) is 0 Å². The number of carbonyl (C=O) groups is 1. The van der Waals surface area contributed by atoms with Crippen LogP contribution in [0.1, 0.15) is 12.8 Å². The minimum absolute atomic E-state index is 0.234. The lowest BCUT2D eigenvalue weighted by Gasteiger charge is -2.27. The molecule has 4 heteroatoms. The molecule has 0 aliphatic heterocycles. The standard InChI is InChI=1S/C7H12O4/c8-3-4-1-2-5(9)7(11)6(4)10/h4-5,7-9,11H,1-3H2.